The van der Waals surface area contributed by atoms with Gasteiger partial charge in [-0.25, -0.2) is 5.43 Å². The lowest BCUT2D eigenvalue weighted by atomic mass is 10.1. The molecule has 118 valence electrons. The van der Waals surface area contributed by atoms with Gasteiger partial charge in [0.2, 0.25) is 0 Å². The fourth-order valence-corrected chi connectivity index (χ4v) is 3.15. The van der Waals surface area contributed by atoms with Crippen LogP contribution in [0.3, 0.4) is 0 Å². The number of fused-ring (bicyclic) bond motifs is 1. The maximum atomic E-state index is 12.1. The molecule has 0 unspecified atom stereocenters. The van der Waals surface area contributed by atoms with Crippen molar-refractivity contribution in [1.82, 2.24) is 5.43 Å². The SMILES string of the molecule is O=C(NN=C1CCc2c(Cl)cc(Cl)c(O)c21)c1ccc(Cl)cc1. The largest absolute Gasteiger partial charge is 0.506 e. The third-order valence-electron chi connectivity index (χ3n) is 3.61. The van der Waals surface area contributed by atoms with Crippen LogP contribution >= 0.6 is 34.8 Å². The van der Waals surface area contributed by atoms with Crippen molar-refractivity contribution in [2.24, 2.45) is 5.10 Å². The number of benzene rings is 2. The van der Waals surface area contributed by atoms with E-state index in [1.54, 1.807) is 24.3 Å². The van der Waals surface area contributed by atoms with Crippen LogP contribution in [0.1, 0.15) is 27.9 Å². The first-order valence-corrected chi connectivity index (χ1v) is 7.93. The fraction of sp³-hybridized carbons (Fsp3) is 0.125. The summed E-state index contributed by atoms with van der Waals surface area (Å²) in [5.41, 5.74) is 4.74. The summed E-state index contributed by atoms with van der Waals surface area (Å²) in [6.45, 7) is 0. The highest BCUT2D eigenvalue weighted by Crippen LogP contribution is 2.40. The number of amides is 1. The number of carbonyl (C=O) groups is 1. The number of carbonyl (C=O) groups excluding carboxylic acids is 1. The van der Waals surface area contributed by atoms with Crippen LogP contribution in [0.5, 0.6) is 5.75 Å². The maximum absolute atomic E-state index is 12.1. The molecule has 2 N–H and O–H groups in total. The minimum absolute atomic E-state index is 0.0666. The maximum Gasteiger partial charge on any atom is 0.271 e. The minimum atomic E-state index is -0.366. The van der Waals surface area contributed by atoms with E-state index in [1.165, 1.54) is 6.07 Å². The van der Waals surface area contributed by atoms with E-state index in [0.717, 1.165) is 5.56 Å². The molecule has 1 aliphatic carbocycles. The van der Waals surface area contributed by atoms with E-state index in [9.17, 15) is 9.90 Å². The first-order chi connectivity index (χ1) is 11.0. The Morgan fingerprint density at radius 3 is 2.48 bits per heavy atom. The zero-order valence-corrected chi connectivity index (χ0v) is 14.0. The highest BCUT2D eigenvalue weighted by molar-refractivity contribution is 6.37. The average molecular weight is 370 g/mol. The van der Waals surface area contributed by atoms with E-state index in [1.807, 2.05) is 0 Å². The minimum Gasteiger partial charge on any atom is -0.506 e. The molecule has 4 nitrogen and oxygen atoms in total. The van der Waals surface area contributed by atoms with E-state index in [-0.39, 0.29) is 16.7 Å². The van der Waals surface area contributed by atoms with E-state index < -0.39 is 0 Å². The van der Waals surface area contributed by atoms with Gasteiger partial charge < -0.3 is 5.11 Å². The predicted octanol–water partition coefficient (Wildman–Crippen LogP) is 4.43. The number of nitrogens with zero attached hydrogens (tertiary/aromatic N) is 1. The van der Waals surface area contributed by atoms with E-state index in [2.05, 4.69) is 10.5 Å². The molecular formula is C16H11Cl3N2O2. The second kappa shape index (κ2) is 6.40. The number of halogens is 3. The number of nitrogens with one attached hydrogen (secondary N) is 1. The zero-order chi connectivity index (χ0) is 16.6. The van der Waals surface area contributed by atoms with Crippen molar-refractivity contribution in [3.05, 3.63) is 62.1 Å². The van der Waals surface area contributed by atoms with Crippen LogP contribution in [0.15, 0.2) is 35.4 Å². The highest BCUT2D eigenvalue weighted by Gasteiger charge is 2.26. The van der Waals surface area contributed by atoms with Crippen molar-refractivity contribution >= 4 is 46.4 Å². The smallest absolute Gasteiger partial charge is 0.271 e. The Hall–Kier alpha value is -1.75. The van der Waals surface area contributed by atoms with Crippen molar-refractivity contribution in [3.8, 4) is 5.75 Å². The third-order valence-corrected chi connectivity index (χ3v) is 4.48. The Balaban J connectivity index is 1.87. The van der Waals surface area contributed by atoms with Gasteiger partial charge in [0.05, 0.1) is 10.7 Å². The lowest BCUT2D eigenvalue weighted by Gasteiger charge is -2.08. The highest BCUT2D eigenvalue weighted by atomic mass is 35.5. The van der Waals surface area contributed by atoms with Crippen LogP contribution in [-0.2, 0) is 6.42 Å². The Kier molecular flexibility index (Phi) is 4.48. The summed E-state index contributed by atoms with van der Waals surface area (Å²) in [6.07, 6.45) is 1.19. The van der Waals surface area contributed by atoms with Gasteiger partial charge in [0, 0.05) is 21.2 Å². The molecule has 0 aromatic heterocycles. The molecule has 0 heterocycles. The molecule has 0 radical (unpaired) electrons. The van der Waals surface area contributed by atoms with Gasteiger partial charge in [0.15, 0.2) is 0 Å². The molecule has 0 spiro atoms. The summed E-state index contributed by atoms with van der Waals surface area (Å²) in [6, 6.07) is 7.96. The molecule has 0 saturated carbocycles. The summed E-state index contributed by atoms with van der Waals surface area (Å²) < 4.78 is 0. The number of phenolic OH excluding ortho intramolecular Hbond substituents is 1. The molecule has 0 saturated heterocycles. The molecule has 7 heteroatoms. The van der Waals surface area contributed by atoms with Crippen molar-refractivity contribution < 1.29 is 9.90 Å². The molecule has 23 heavy (non-hydrogen) atoms. The standard InChI is InChI=1S/C16H11Cl3N2O2/c17-9-3-1-8(2-4-9)16(23)21-20-13-6-5-10-11(18)7-12(19)15(22)14(10)13/h1-4,7,22H,5-6H2,(H,21,23). The summed E-state index contributed by atoms with van der Waals surface area (Å²) in [4.78, 5) is 12.1. The second-order valence-corrected chi connectivity index (χ2v) is 6.30. The van der Waals surface area contributed by atoms with Gasteiger partial charge >= 0.3 is 0 Å². The van der Waals surface area contributed by atoms with Crippen LogP contribution in [0, 0.1) is 0 Å². The molecule has 0 fully saturated rings. The monoisotopic (exact) mass is 368 g/mol. The third kappa shape index (κ3) is 3.15. The molecule has 1 aliphatic rings. The molecule has 0 atom stereocenters. The lowest BCUT2D eigenvalue weighted by molar-refractivity contribution is 0.0955. The number of hydrazone groups is 1. The molecule has 0 bridgehead atoms. The van der Waals surface area contributed by atoms with Crippen LogP contribution in [-0.4, -0.2) is 16.7 Å². The molecule has 2 aromatic rings. The summed E-state index contributed by atoms with van der Waals surface area (Å²) in [5, 5.41) is 15.4. The second-order valence-electron chi connectivity index (χ2n) is 5.05. The Morgan fingerprint density at radius 2 is 1.78 bits per heavy atom. The molecule has 1 amide bonds. The molecule has 3 rings (SSSR count). The normalized spacial score (nSPS) is 14.8. The van der Waals surface area contributed by atoms with Crippen molar-refractivity contribution in [1.29, 1.82) is 0 Å². The quantitative estimate of drug-likeness (QED) is 0.769. The van der Waals surface area contributed by atoms with Crippen LogP contribution in [0.4, 0.5) is 0 Å². The Morgan fingerprint density at radius 1 is 1.09 bits per heavy atom. The van der Waals surface area contributed by atoms with Gasteiger partial charge in [-0.1, -0.05) is 34.8 Å². The summed E-state index contributed by atoms with van der Waals surface area (Å²) in [5.74, 6) is -0.432. The predicted molar refractivity (Wildman–Crippen MR) is 91.9 cm³/mol. The van der Waals surface area contributed by atoms with Gasteiger partial charge in [-0.15, -0.1) is 0 Å². The van der Waals surface area contributed by atoms with E-state index in [0.29, 0.717) is 39.7 Å². The number of hydrogen-bond donors (Lipinski definition) is 2. The van der Waals surface area contributed by atoms with Crippen molar-refractivity contribution in [2.75, 3.05) is 0 Å². The van der Waals surface area contributed by atoms with Gasteiger partial charge in [-0.2, -0.15) is 5.10 Å². The Labute approximate surface area is 147 Å². The molecular weight excluding hydrogens is 359 g/mol. The van der Waals surface area contributed by atoms with Crippen LogP contribution in [0.2, 0.25) is 15.1 Å². The average Bonchev–Trinajstić information content (AvgIpc) is 2.96. The van der Waals surface area contributed by atoms with Crippen molar-refractivity contribution in [3.63, 3.8) is 0 Å². The Bertz CT molecular complexity index is 817. The van der Waals surface area contributed by atoms with E-state index >= 15 is 0 Å². The molecule has 2 aromatic carbocycles. The van der Waals surface area contributed by atoms with Crippen LogP contribution in [0.25, 0.3) is 0 Å². The number of hydrogen-bond acceptors (Lipinski definition) is 3. The summed E-state index contributed by atoms with van der Waals surface area (Å²) in [7, 11) is 0. The van der Waals surface area contributed by atoms with Crippen molar-refractivity contribution in [2.45, 2.75) is 12.8 Å². The topological polar surface area (TPSA) is 61.7 Å². The number of phenols is 1. The first kappa shape index (κ1) is 16.1. The summed E-state index contributed by atoms with van der Waals surface area (Å²) >= 11 is 17.9. The number of aromatic hydroxyl groups is 1. The fourth-order valence-electron chi connectivity index (χ4n) is 2.47. The van der Waals surface area contributed by atoms with Gasteiger partial charge in [-0.05, 0) is 48.7 Å². The van der Waals surface area contributed by atoms with E-state index in [4.69, 9.17) is 34.8 Å². The molecule has 0 aliphatic heterocycles. The van der Waals surface area contributed by atoms with Gasteiger partial charge in [0.1, 0.15) is 5.75 Å². The number of rotatable bonds is 2. The zero-order valence-electron chi connectivity index (χ0n) is 11.7. The van der Waals surface area contributed by atoms with Gasteiger partial charge in [-0.3, -0.25) is 4.79 Å². The van der Waals surface area contributed by atoms with Gasteiger partial charge in [0.25, 0.3) is 5.91 Å². The lowest BCUT2D eigenvalue weighted by Crippen LogP contribution is -2.19. The van der Waals surface area contributed by atoms with Crippen LogP contribution < -0.4 is 5.43 Å². The first-order valence-electron chi connectivity index (χ1n) is 6.80.